The molecule has 1 unspecified atom stereocenters. The minimum absolute atomic E-state index is 0.342. The molecule has 0 aliphatic heterocycles. The Kier molecular flexibility index (Phi) is 2.27. The smallest absolute Gasteiger partial charge is 0.334 e. The standard InChI is InChI=1S/C8H9NO2/c1-6(5-9)11-8(10)7-3-2-4-7/h3,6H,2,4H2,1H3. The van der Waals surface area contributed by atoms with E-state index in [0.717, 1.165) is 12.8 Å². The van der Waals surface area contributed by atoms with Gasteiger partial charge in [-0.15, -0.1) is 0 Å². The minimum atomic E-state index is -0.635. The SMILES string of the molecule is CC(C#N)OC(=O)C1=CCC1. The molecule has 11 heavy (non-hydrogen) atoms. The lowest BCUT2D eigenvalue weighted by molar-refractivity contribution is -0.141. The molecule has 0 saturated heterocycles. The number of esters is 1. The molecule has 0 radical (unpaired) electrons. The molecule has 1 rings (SSSR count). The molecule has 0 heterocycles. The van der Waals surface area contributed by atoms with Gasteiger partial charge < -0.3 is 4.74 Å². The van der Waals surface area contributed by atoms with Crippen molar-refractivity contribution >= 4 is 5.97 Å². The van der Waals surface area contributed by atoms with E-state index >= 15 is 0 Å². The molecule has 0 aromatic carbocycles. The molecule has 1 aliphatic rings. The van der Waals surface area contributed by atoms with Gasteiger partial charge in [0.05, 0.1) is 0 Å². The lowest BCUT2D eigenvalue weighted by Gasteiger charge is -2.13. The van der Waals surface area contributed by atoms with E-state index in [2.05, 4.69) is 0 Å². The summed E-state index contributed by atoms with van der Waals surface area (Å²) in [6.45, 7) is 1.55. The summed E-state index contributed by atoms with van der Waals surface area (Å²) >= 11 is 0. The summed E-state index contributed by atoms with van der Waals surface area (Å²) < 4.78 is 4.74. The van der Waals surface area contributed by atoms with Gasteiger partial charge in [-0.2, -0.15) is 5.26 Å². The molecule has 0 amide bonds. The number of allylic oxidation sites excluding steroid dienone is 1. The molecule has 3 nitrogen and oxygen atoms in total. The number of carbonyl (C=O) groups is 1. The lowest BCUT2D eigenvalue weighted by Crippen LogP contribution is -2.17. The van der Waals surface area contributed by atoms with Crippen LogP contribution >= 0.6 is 0 Å². The average Bonchev–Trinajstić information content (AvgIpc) is 1.83. The van der Waals surface area contributed by atoms with Gasteiger partial charge in [-0.1, -0.05) is 6.08 Å². The fourth-order valence-electron chi connectivity index (χ4n) is 0.737. The maximum atomic E-state index is 11.0. The highest BCUT2D eigenvalue weighted by Gasteiger charge is 2.17. The van der Waals surface area contributed by atoms with Crippen molar-refractivity contribution in [2.24, 2.45) is 0 Å². The Morgan fingerprint density at radius 3 is 2.91 bits per heavy atom. The van der Waals surface area contributed by atoms with Crippen LogP contribution in [-0.4, -0.2) is 12.1 Å². The molecular weight excluding hydrogens is 142 g/mol. The molecule has 0 N–H and O–H groups in total. The summed E-state index contributed by atoms with van der Waals surface area (Å²) in [5.74, 6) is -0.342. The van der Waals surface area contributed by atoms with Gasteiger partial charge in [0.2, 0.25) is 0 Å². The molecule has 58 valence electrons. The highest BCUT2D eigenvalue weighted by atomic mass is 16.5. The van der Waals surface area contributed by atoms with Gasteiger partial charge in [-0.3, -0.25) is 0 Å². The van der Waals surface area contributed by atoms with Gasteiger partial charge in [0, 0.05) is 5.57 Å². The van der Waals surface area contributed by atoms with Crippen molar-refractivity contribution in [3.05, 3.63) is 11.6 Å². The number of hydrogen-bond acceptors (Lipinski definition) is 3. The third-order valence-electron chi connectivity index (χ3n) is 1.53. The third kappa shape index (κ3) is 1.81. The van der Waals surface area contributed by atoms with E-state index in [1.807, 2.05) is 12.1 Å². The molecule has 1 atom stereocenters. The van der Waals surface area contributed by atoms with Crippen LogP contribution < -0.4 is 0 Å². The van der Waals surface area contributed by atoms with Gasteiger partial charge in [-0.25, -0.2) is 4.79 Å². The molecule has 1 aliphatic carbocycles. The van der Waals surface area contributed by atoms with Crippen LogP contribution in [0.5, 0.6) is 0 Å². The second kappa shape index (κ2) is 3.20. The van der Waals surface area contributed by atoms with Crippen LogP contribution in [0.3, 0.4) is 0 Å². The quantitative estimate of drug-likeness (QED) is 0.556. The first-order valence-corrected chi connectivity index (χ1v) is 3.53. The van der Waals surface area contributed by atoms with E-state index in [1.54, 1.807) is 6.92 Å². The first-order chi connectivity index (χ1) is 5.24. The Labute approximate surface area is 65.3 Å². The topological polar surface area (TPSA) is 50.1 Å². The molecule has 0 fully saturated rings. The Morgan fingerprint density at radius 2 is 2.55 bits per heavy atom. The molecule has 0 spiro atoms. The average molecular weight is 151 g/mol. The van der Waals surface area contributed by atoms with E-state index in [0.29, 0.717) is 5.57 Å². The van der Waals surface area contributed by atoms with Crippen molar-refractivity contribution in [2.75, 3.05) is 0 Å². The normalized spacial score (nSPS) is 17.3. The van der Waals surface area contributed by atoms with Crippen molar-refractivity contribution in [1.82, 2.24) is 0 Å². The number of nitrogens with zero attached hydrogens (tertiary/aromatic N) is 1. The van der Waals surface area contributed by atoms with E-state index in [9.17, 15) is 4.79 Å². The van der Waals surface area contributed by atoms with Crippen molar-refractivity contribution < 1.29 is 9.53 Å². The Bertz CT molecular complexity index is 237. The van der Waals surface area contributed by atoms with Gasteiger partial charge in [-0.05, 0) is 19.8 Å². The number of nitriles is 1. The summed E-state index contributed by atoms with van der Waals surface area (Å²) in [6.07, 6.45) is 2.93. The number of hydrogen-bond donors (Lipinski definition) is 0. The van der Waals surface area contributed by atoms with E-state index in [4.69, 9.17) is 10.00 Å². The van der Waals surface area contributed by atoms with Crippen LogP contribution in [0, 0.1) is 11.3 Å². The largest absolute Gasteiger partial charge is 0.444 e. The second-order valence-electron chi connectivity index (χ2n) is 2.44. The highest BCUT2D eigenvalue weighted by Crippen LogP contribution is 2.19. The Morgan fingerprint density at radius 1 is 1.91 bits per heavy atom. The predicted octanol–water partition coefficient (Wildman–Crippen LogP) is 1.16. The molecule has 3 heteroatoms. The summed E-state index contributed by atoms with van der Waals surface area (Å²) in [5.41, 5.74) is 0.701. The fourth-order valence-corrected chi connectivity index (χ4v) is 0.737. The predicted molar refractivity (Wildman–Crippen MR) is 38.5 cm³/mol. The van der Waals surface area contributed by atoms with Gasteiger partial charge in [0.15, 0.2) is 6.10 Å². The summed E-state index contributed by atoms with van der Waals surface area (Å²) in [6, 6.07) is 1.83. The summed E-state index contributed by atoms with van der Waals surface area (Å²) in [5, 5.41) is 8.31. The Balaban J connectivity index is 2.39. The van der Waals surface area contributed by atoms with Crippen LogP contribution in [-0.2, 0) is 9.53 Å². The van der Waals surface area contributed by atoms with E-state index in [1.165, 1.54) is 0 Å². The maximum Gasteiger partial charge on any atom is 0.334 e. The lowest BCUT2D eigenvalue weighted by atomic mass is 9.99. The first-order valence-electron chi connectivity index (χ1n) is 3.53. The summed E-state index contributed by atoms with van der Waals surface area (Å²) in [7, 11) is 0. The van der Waals surface area contributed by atoms with Crippen LogP contribution in [0.4, 0.5) is 0 Å². The number of ether oxygens (including phenoxy) is 1. The third-order valence-corrected chi connectivity index (χ3v) is 1.53. The van der Waals surface area contributed by atoms with Crippen molar-refractivity contribution in [3.8, 4) is 6.07 Å². The van der Waals surface area contributed by atoms with Crippen molar-refractivity contribution in [3.63, 3.8) is 0 Å². The van der Waals surface area contributed by atoms with Gasteiger partial charge in [0.1, 0.15) is 6.07 Å². The first kappa shape index (κ1) is 7.80. The number of carbonyl (C=O) groups excluding carboxylic acids is 1. The zero-order chi connectivity index (χ0) is 8.27. The van der Waals surface area contributed by atoms with Crippen LogP contribution in [0.1, 0.15) is 19.8 Å². The van der Waals surface area contributed by atoms with Crippen LogP contribution in [0.25, 0.3) is 0 Å². The maximum absolute atomic E-state index is 11.0. The molecule has 0 saturated carbocycles. The number of rotatable bonds is 2. The molecule has 0 bridgehead atoms. The molecule has 0 aromatic rings. The van der Waals surface area contributed by atoms with Crippen molar-refractivity contribution in [1.29, 1.82) is 5.26 Å². The van der Waals surface area contributed by atoms with E-state index < -0.39 is 6.10 Å². The van der Waals surface area contributed by atoms with Crippen LogP contribution in [0.2, 0.25) is 0 Å². The van der Waals surface area contributed by atoms with E-state index in [-0.39, 0.29) is 5.97 Å². The minimum Gasteiger partial charge on any atom is -0.444 e. The second-order valence-corrected chi connectivity index (χ2v) is 2.44. The van der Waals surface area contributed by atoms with Gasteiger partial charge in [0.25, 0.3) is 0 Å². The zero-order valence-corrected chi connectivity index (χ0v) is 6.33. The van der Waals surface area contributed by atoms with Crippen molar-refractivity contribution in [2.45, 2.75) is 25.9 Å². The summed E-state index contributed by atoms with van der Waals surface area (Å²) in [4.78, 5) is 11.0. The van der Waals surface area contributed by atoms with Gasteiger partial charge >= 0.3 is 5.97 Å². The zero-order valence-electron chi connectivity index (χ0n) is 6.33. The molecule has 0 aromatic heterocycles. The fraction of sp³-hybridized carbons (Fsp3) is 0.500. The van der Waals surface area contributed by atoms with Crippen LogP contribution in [0.15, 0.2) is 11.6 Å². The molecular formula is C8H9NO2. The monoisotopic (exact) mass is 151 g/mol. The Hall–Kier alpha value is -1.30. The highest BCUT2D eigenvalue weighted by molar-refractivity contribution is 5.90.